The highest BCUT2D eigenvalue weighted by molar-refractivity contribution is 6.04. The summed E-state index contributed by atoms with van der Waals surface area (Å²) in [6.07, 6.45) is 4.36. The molecular formula is C17H24N2O3. The van der Waals surface area contributed by atoms with Gasteiger partial charge in [-0.25, -0.2) is 0 Å². The minimum Gasteiger partial charge on any atom is -0.395 e. The van der Waals surface area contributed by atoms with Crippen LogP contribution in [0.5, 0.6) is 0 Å². The Kier molecular flexibility index (Phi) is 5.95. The number of unbranched alkanes of at least 4 members (excludes halogenated alkanes) is 3. The van der Waals surface area contributed by atoms with Gasteiger partial charge >= 0.3 is 0 Å². The van der Waals surface area contributed by atoms with Gasteiger partial charge in [0.1, 0.15) is 6.04 Å². The summed E-state index contributed by atoms with van der Waals surface area (Å²) in [7, 11) is 0. The van der Waals surface area contributed by atoms with Crippen molar-refractivity contribution < 1.29 is 14.7 Å². The van der Waals surface area contributed by atoms with Gasteiger partial charge in [-0.15, -0.1) is 0 Å². The highest BCUT2D eigenvalue weighted by Crippen LogP contribution is 2.33. The summed E-state index contributed by atoms with van der Waals surface area (Å²) < 4.78 is 0. The van der Waals surface area contributed by atoms with Crippen LogP contribution in [0.2, 0.25) is 0 Å². The summed E-state index contributed by atoms with van der Waals surface area (Å²) in [5.41, 5.74) is 1.29. The molecule has 2 rings (SSSR count). The first kappa shape index (κ1) is 16.5. The van der Waals surface area contributed by atoms with Crippen LogP contribution in [0.3, 0.4) is 0 Å². The lowest BCUT2D eigenvalue weighted by Crippen LogP contribution is -2.40. The number of benzene rings is 1. The van der Waals surface area contributed by atoms with Crippen LogP contribution in [0.25, 0.3) is 0 Å². The van der Waals surface area contributed by atoms with Gasteiger partial charge in [-0.3, -0.25) is 9.59 Å². The number of nitrogens with one attached hydrogen (secondary N) is 1. The van der Waals surface area contributed by atoms with E-state index in [-0.39, 0.29) is 25.0 Å². The number of hydrogen-bond donors (Lipinski definition) is 2. The highest BCUT2D eigenvalue weighted by Gasteiger charge is 2.40. The average Bonchev–Trinajstić information content (AvgIpc) is 2.81. The highest BCUT2D eigenvalue weighted by atomic mass is 16.3. The van der Waals surface area contributed by atoms with E-state index in [1.54, 1.807) is 12.1 Å². The van der Waals surface area contributed by atoms with E-state index in [0.29, 0.717) is 12.1 Å². The van der Waals surface area contributed by atoms with Gasteiger partial charge in [0.25, 0.3) is 5.91 Å². The molecule has 0 aromatic heterocycles. The summed E-state index contributed by atoms with van der Waals surface area (Å²) in [6.45, 7) is 2.78. The number of aliphatic hydroxyl groups excluding tert-OH is 1. The van der Waals surface area contributed by atoms with Crippen molar-refractivity contribution in [1.82, 2.24) is 10.2 Å². The van der Waals surface area contributed by atoms with Crippen LogP contribution in [0.15, 0.2) is 24.3 Å². The van der Waals surface area contributed by atoms with Crippen LogP contribution >= 0.6 is 0 Å². The fourth-order valence-electron chi connectivity index (χ4n) is 2.85. The molecule has 1 unspecified atom stereocenters. The van der Waals surface area contributed by atoms with Gasteiger partial charge in [0.15, 0.2) is 0 Å². The van der Waals surface area contributed by atoms with Gasteiger partial charge in [-0.1, -0.05) is 44.4 Å². The molecule has 1 aromatic rings. The molecule has 2 amide bonds. The third-order valence-corrected chi connectivity index (χ3v) is 3.98. The molecule has 0 aliphatic carbocycles. The summed E-state index contributed by atoms with van der Waals surface area (Å²) in [5.74, 6) is -0.348. The van der Waals surface area contributed by atoms with Crippen LogP contribution in [-0.2, 0) is 4.79 Å². The number of β-amino-alcohol motifs (C(OH)–C–C–N with tert-alkyl or cyclic N) is 1. The smallest absolute Gasteiger partial charge is 0.255 e. The second-order valence-corrected chi connectivity index (χ2v) is 5.56. The lowest BCUT2D eigenvalue weighted by molar-refractivity contribution is -0.125. The van der Waals surface area contributed by atoms with Crippen molar-refractivity contribution in [3.8, 4) is 0 Å². The number of amides is 2. The zero-order valence-corrected chi connectivity index (χ0v) is 13.0. The molecule has 0 radical (unpaired) electrons. The standard InChI is InChI=1S/C17H24N2O3/c1-2-3-4-7-10-18-16(21)15-13-8-5-6-9-14(13)17(22)19(15)11-12-20/h5-6,8-9,15,20H,2-4,7,10-12H2,1H3,(H,18,21). The zero-order chi connectivity index (χ0) is 15.9. The van der Waals surface area contributed by atoms with Gasteiger partial charge in [-0.2, -0.15) is 0 Å². The Labute approximate surface area is 131 Å². The third kappa shape index (κ3) is 3.47. The minimum absolute atomic E-state index is 0.153. The fraction of sp³-hybridized carbons (Fsp3) is 0.529. The van der Waals surface area contributed by atoms with Gasteiger partial charge in [0, 0.05) is 18.7 Å². The van der Waals surface area contributed by atoms with Crippen LogP contribution in [0, 0.1) is 0 Å². The molecule has 1 aliphatic rings. The van der Waals surface area contributed by atoms with Crippen molar-refractivity contribution in [2.75, 3.05) is 19.7 Å². The molecular weight excluding hydrogens is 280 g/mol. The van der Waals surface area contributed by atoms with Crippen LogP contribution in [0.1, 0.15) is 54.6 Å². The lowest BCUT2D eigenvalue weighted by atomic mass is 10.0. The molecule has 0 spiro atoms. The van der Waals surface area contributed by atoms with E-state index in [0.717, 1.165) is 31.2 Å². The van der Waals surface area contributed by atoms with Crippen molar-refractivity contribution in [3.05, 3.63) is 35.4 Å². The first-order valence-corrected chi connectivity index (χ1v) is 7.99. The number of fused-ring (bicyclic) bond motifs is 1. The maximum Gasteiger partial charge on any atom is 0.255 e. The van der Waals surface area contributed by atoms with E-state index in [1.165, 1.54) is 4.90 Å². The van der Waals surface area contributed by atoms with Crippen LogP contribution in [-0.4, -0.2) is 41.5 Å². The molecule has 0 saturated carbocycles. The Morgan fingerprint density at radius 3 is 2.77 bits per heavy atom. The molecule has 0 saturated heterocycles. The number of hydrogen-bond acceptors (Lipinski definition) is 3. The second kappa shape index (κ2) is 7.94. The molecule has 1 atom stereocenters. The maximum atomic E-state index is 12.5. The molecule has 5 heteroatoms. The SMILES string of the molecule is CCCCCCNC(=O)C1c2ccccc2C(=O)N1CCO. The quantitative estimate of drug-likeness (QED) is 0.720. The number of rotatable bonds is 8. The predicted molar refractivity (Wildman–Crippen MR) is 84.5 cm³/mol. The Morgan fingerprint density at radius 2 is 2.05 bits per heavy atom. The molecule has 22 heavy (non-hydrogen) atoms. The van der Waals surface area contributed by atoms with Crippen molar-refractivity contribution in [2.24, 2.45) is 0 Å². The molecule has 1 aliphatic heterocycles. The summed E-state index contributed by atoms with van der Waals surface area (Å²) in [5, 5.41) is 12.1. The van der Waals surface area contributed by atoms with Crippen molar-refractivity contribution in [3.63, 3.8) is 0 Å². The topological polar surface area (TPSA) is 69.6 Å². The van der Waals surface area contributed by atoms with Gasteiger partial charge in [0.05, 0.1) is 6.61 Å². The minimum atomic E-state index is -0.623. The first-order valence-electron chi connectivity index (χ1n) is 7.99. The van der Waals surface area contributed by atoms with Gasteiger partial charge in [0.2, 0.25) is 5.91 Å². The predicted octanol–water partition coefficient (Wildman–Crippen LogP) is 1.87. The Bertz CT molecular complexity index is 530. The number of nitrogens with zero attached hydrogens (tertiary/aromatic N) is 1. The monoisotopic (exact) mass is 304 g/mol. The number of carbonyl (C=O) groups excluding carboxylic acids is 2. The van der Waals surface area contributed by atoms with Crippen molar-refractivity contribution in [2.45, 2.75) is 38.6 Å². The summed E-state index contributed by atoms with van der Waals surface area (Å²) >= 11 is 0. The molecule has 0 bridgehead atoms. The normalized spacial score (nSPS) is 16.7. The van der Waals surface area contributed by atoms with E-state index in [9.17, 15) is 14.7 Å². The van der Waals surface area contributed by atoms with E-state index in [4.69, 9.17) is 0 Å². The fourth-order valence-corrected chi connectivity index (χ4v) is 2.85. The number of carbonyl (C=O) groups is 2. The maximum absolute atomic E-state index is 12.5. The Balaban J connectivity index is 2.06. The van der Waals surface area contributed by atoms with Gasteiger partial charge < -0.3 is 15.3 Å². The largest absolute Gasteiger partial charge is 0.395 e. The first-order chi connectivity index (χ1) is 10.7. The number of aliphatic hydroxyl groups is 1. The Hall–Kier alpha value is -1.88. The zero-order valence-electron chi connectivity index (χ0n) is 13.0. The molecule has 2 N–H and O–H groups in total. The van der Waals surface area contributed by atoms with E-state index >= 15 is 0 Å². The van der Waals surface area contributed by atoms with E-state index in [1.807, 2.05) is 12.1 Å². The van der Waals surface area contributed by atoms with E-state index < -0.39 is 6.04 Å². The third-order valence-electron chi connectivity index (χ3n) is 3.98. The van der Waals surface area contributed by atoms with Crippen LogP contribution in [0.4, 0.5) is 0 Å². The molecule has 5 nitrogen and oxygen atoms in total. The van der Waals surface area contributed by atoms with E-state index in [2.05, 4.69) is 12.2 Å². The second-order valence-electron chi connectivity index (χ2n) is 5.56. The molecule has 1 heterocycles. The van der Waals surface area contributed by atoms with Crippen molar-refractivity contribution >= 4 is 11.8 Å². The lowest BCUT2D eigenvalue weighted by Gasteiger charge is -2.23. The molecule has 120 valence electrons. The van der Waals surface area contributed by atoms with Crippen LogP contribution < -0.4 is 5.32 Å². The van der Waals surface area contributed by atoms with Crippen molar-refractivity contribution in [1.29, 1.82) is 0 Å². The van der Waals surface area contributed by atoms with Gasteiger partial charge in [-0.05, 0) is 18.1 Å². The summed E-state index contributed by atoms with van der Waals surface area (Å²) in [6, 6.07) is 6.54. The Morgan fingerprint density at radius 1 is 1.27 bits per heavy atom. The molecule has 0 fully saturated rings. The molecule has 1 aromatic carbocycles. The average molecular weight is 304 g/mol. The summed E-state index contributed by atoms with van der Waals surface area (Å²) in [4.78, 5) is 26.3.